The van der Waals surface area contributed by atoms with E-state index in [1.54, 1.807) is 6.92 Å². The second kappa shape index (κ2) is 8.43. The van der Waals surface area contributed by atoms with E-state index in [-0.39, 0.29) is 14.6 Å². The fourth-order valence-electron chi connectivity index (χ4n) is 2.03. The van der Waals surface area contributed by atoms with Crippen LogP contribution < -0.4 is 9.17 Å². The fraction of sp³-hybridized carbons (Fsp3) is 0.643. The molecule has 0 aliphatic rings. The maximum atomic E-state index is 12.0. The molecule has 0 saturated carbocycles. The van der Waals surface area contributed by atoms with Crippen molar-refractivity contribution in [2.45, 2.75) is 39.7 Å². The van der Waals surface area contributed by atoms with Crippen LogP contribution in [0.15, 0.2) is 12.3 Å². The molecule has 0 atom stereocenters. The van der Waals surface area contributed by atoms with Crippen LogP contribution in [0.1, 0.15) is 34.1 Å². The van der Waals surface area contributed by atoms with Crippen LogP contribution in [0.25, 0.3) is 0 Å². The van der Waals surface area contributed by atoms with Crippen molar-refractivity contribution in [3.8, 4) is 0 Å². The zero-order valence-electron chi connectivity index (χ0n) is 15.7. The Kier molecular flexibility index (Phi) is 7.51. The van der Waals surface area contributed by atoms with Crippen LogP contribution in [0.2, 0.25) is 5.15 Å². The average molecular weight is 427 g/mol. The molecule has 0 radical (unpaired) electrons. The van der Waals surface area contributed by atoms with E-state index in [0.717, 1.165) is 12.5 Å². The van der Waals surface area contributed by atoms with Crippen LogP contribution in [-0.4, -0.2) is 53.7 Å². The second-order valence-corrected chi connectivity index (χ2v) is 10.6. The number of anilines is 1. The molecule has 0 amide bonds. The summed E-state index contributed by atoms with van der Waals surface area (Å²) in [5.74, 6) is 0. The first-order valence-electron chi connectivity index (χ1n) is 7.88. The summed E-state index contributed by atoms with van der Waals surface area (Å²) < 4.78 is 59.8. The highest BCUT2D eigenvalue weighted by Crippen LogP contribution is 2.27. The third-order valence-electron chi connectivity index (χ3n) is 3.51. The fourth-order valence-corrected chi connectivity index (χ4v) is 5.28. The summed E-state index contributed by atoms with van der Waals surface area (Å²) in [7, 11) is -9.17. The summed E-state index contributed by atoms with van der Waals surface area (Å²) in [5.41, 5.74) is -0.450. The number of sulfonamides is 2. The topological polar surface area (TPSA) is 103 Å². The number of aromatic nitrogens is 1. The SMILES string of the molecule is CCOB(OC(C)(C)CC)c1cnc(Cl)c(N(S(C)(=O)=O)S(C)(=O)=O)c1. The summed E-state index contributed by atoms with van der Waals surface area (Å²) >= 11 is 5.98. The maximum absolute atomic E-state index is 12.0. The molecule has 148 valence electrons. The Morgan fingerprint density at radius 2 is 1.73 bits per heavy atom. The second-order valence-electron chi connectivity index (χ2n) is 6.32. The smallest absolute Gasteiger partial charge is 0.408 e. The lowest BCUT2D eigenvalue weighted by molar-refractivity contribution is 0.0706. The minimum atomic E-state index is -4.15. The highest BCUT2D eigenvalue weighted by atomic mass is 35.5. The van der Waals surface area contributed by atoms with Crippen molar-refractivity contribution in [2.75, 3.05) is 22.8 Å². The number of rotatable bonds is 9. The van der Waals surface area contributed by atoms with Gasteiger partial charge in [-0.1, -0.05) is 18.5 Å². The van der Waals surface area contributed by atoms with Crippen LogP contribution in [0, 0.1) is 0 Å². The molecule has 0 spiro atoms. The van der Waals surface area contributed by atoms with Gasteiger partial charge in [0.05, 0.1) is 12.5 Å². The first kappa shape index (κ1) is 23.2. The Morgan fingerprint density at radius 1 is 1.19 bits per heavy atom. The number of hydrogen-bond donors (Lipinski definition) is 0. The third-order valence-corrected chi connectivity index (χ3v) is 7.02. The van der Waals surface area contributed by atoms with Crippen LogP contribution >= 0.6 is 11.6 Å². The van der Waals surface area contributed by atoms with Gasteiger partial charge in [0.1, 0.15) is 5.69 Å². The van der Waals surface area contributed by atoms with Crippen LogP contribution in [0.5, 0.6) is 0 Å². The van der Waals surface area contributed by atoms with Gasteiger partial charge in [0.25, 0.3) is 0 Å². The largest absolute Gasteiger partial charge is 0.495 e. The van der Waals surface area contributed by atoms with Crippen LogP contribution in [-0.2, 0) is 29.4 Å². The molecule has 0 aliphatic carbocycles. The molecule has 1 heterocycles. The number of nitrogens with zero attached hydrogens (tertiary/aromatic N) is 2. The standard InChI is InChI=1S/C14H24BClN2O6S2/c1-7-14(3,4)24-15(23-8-2)11-9-12(13(16)17-10-11)18(25(5,19)20)26(6,21)22/h9-10H,7-8H2,1-6H3. The molecular formula is C14H24BClN2O6S2. The van der Waals surface area contributed by atoms with E-state index in [0.29, 0.717) is 18.5 Å². The lowest BCUT2D eigenvalue weighted by Gasteiger charge is -2.28. The van der Waals surface area contributed by atoms with Crippen molar-refractivity contribution in [1.82, 2.24) is 4.98 Å². The van der Waals surface area contributed by atoms with Gasteiger partial charge in [-0.25, -0.2) is 21.8 Å². The Labute approximate surface area is 161 Å². The summed E-state index contributed by atoms with van der Waals surface area (Å²) in [4.78, 5) is 3.92. The quantitative estimate of drug-likeness (QED) is 0.434. The van der Waals surface area contributed by atoms with Gasteiger partial charge in [-0.05, 0) is 33.3 Å². The molecule has 0 saturated heterocycles. The first-order chi connectivity index (χ1) is 11.7. The van der Waals surface area contributed by atoms with Gasteiger partial charge in [0.15, 0.2) is 5.15 Å². The van der Waals surface area contributed by atoms with E-state index in [2.05, 4.69) is 4.98 Å². The third kappa shape index (κ3) is 6.09. The van der Waals surface area contributed by atoms with Gasteiger partial charge in [0.2, 0.25) is 20.0 Å². The monoisotopic (exact) mass is 426 g/mol. The minimum absolute atomic E-state index is 0.243. The van der Waals surface area contributed by atoms with Crippen molar-refractivity contribution >= 4 is 49.9 Å². The molecule has 26 heavy (non-hydrogen) atoms. The van der Waals surface area contributed by atoms with Crippen LogP contribution in [0.3, 0.4) is 0 Å². The Hall–Kier alpha value is -0.875. The first-order valence-corrected chi connectivity index (χ1v) is 12.0. The van der Waals surface area contributed by atoms with E-state index in [1.165, 1.54) is 12.3 Å². The summed E-state index contributed by atoms with van der Waals surface area (Å²) in [6.07, 6.45) is 3.60. The van der Waals surface area contributed by atoms with E-state index >= 15 is 0 Å². The molecule has 0 unspecified atom stereocenters. The van der Waals surface area contributed by atoms with Crippen molar-refractivity contribution in [1.29, 1.82) is 0 Å². The zero-order chi connectivity index (χ0) is 20.3. The Bertz CT molecular complexity index is 813. The van der Waals surface area contributed by atoms with Gasteiger partial charge in [-0.2, -0.15) is 3.71 Å². The van der Waals surface area contributed by atoms with Crippen molar-refractivity contribution < 1.29 is 26.1 Å². The highest BCUT2D eigenvalue weighted by Gasteiger charge is 2.34. The molecule has 1 aromatic rings. The summed E-state index contributed by atoms with van der Waals surface area (Å²) in [5, 5.41) is -0.269. The molecule has 0 fully saturated rings. The molecule has 1 rings (SSSR count). The van der Waals surface area contributed by atoms with E-state index in [1.807, 2.05) is 20.8 Å². The van der Waals surface area contributed by atoms with Crippen molar-refractivity contribution in [3.63, 3.8) is 0 Å². The van der Waals surface area contributed by atoms with Crippen molar-refractivity contribution in [3.05, 3.63) is 17.4 Å². The molecule has 0 bridgehead atoms. The van der Waals surface area contributed by atoms with Gasteiger partial charge in [-0.3, -0.25) is 0 Å². The van der Waals surface area contributed by atoms with Gasteiger partial charge >= 0.3 is 7.12 Å². The molecule has 12 heteroatoms. The molecule has 8 nitrogen and oxygen atoms in total. The normalized spacial score (nSPS) is 12.9. The van der Waals surface area contributed by atoms with E-state index < -0.39 is 32.8 Å². The van der Waals surface area contributed by atoms with E-state index in [9.17, 15) is 16.8 Å². The summed E-state index contributed by atoms with van der Waals surface area (Å²) in [6, 6.07) is 1.30. The molecule has 0 aromatic carbocycles. The van der Waals surface area contributed by atoms with E-state index in [4.69, 9.17) is 20.9 Å². The minimum Gasteiger partial charge on any atom is -0.408 e. The van der Waals surface area contributed by atoms with Crippen molar-refractivity contribution in [2.24, 2.45) is 0 Å². The predicted octanol–water partition coefficient (Wildman–Crippen LogP) is 1.40. The molecular weight excluding hydrogens is 403 g/mol. The van der Waals surface area contributed by atoms with Gasteiger partial charge in [-0.15, -0.1) is 0 Å². The Morgan fingerprint density at radius 3 is 2.15 bits per heavy atom. The van der Waals surface area contributed by atoms with Gasteiger partial charge in [0, 0.05) is 23.9 Å². The lowest BCUT2D eigenvalue weighted by atomic mass is 9.78. The number of hydrogen-bond acceptors (Lipinski definition) is 7. The average Bonchev–Trinajstić information content (AvgIpc) is 2.46. The van der Waals surface area contributed by atoms with Crippen LogP contribution in [0.4, 0.5) is 5.69 Å². The highest BCUT2D eigenvalue weighted by molar-refractivity contribution is 8.09. The zero-order valence-corrected chi connectivity index (χ0v) is 18.1. The molecule has 1 aromatic heterocycles. The maximum Gasteiger partial charge on any atom is 0.495 e. The predicted molar refractivity (Wildman–Crippen MR) is 104 cm³/mol. The lowest BCUT2D eigenvalue weighted by Crippen LogP contribution is -2.44. The number of pyridine rings is 1. The Balaban J connectivity index is 3.51. The van der Waals surface area contributed by atoms with Gasteiger partial charge < -0.3 is 9.31 Å². The molecule has 0 N–H and O–H groups in total. The molecule has 0 aliphatic heterocycles. The number of halogens is 1. The summed E-state index contributed by atoms with van der Waals surface area (Å²) in [6.45, 7) is 7.80.